The van der Waals surface area contributed by atoms with Gasteiger partial charge in [-0.1, -0.05) is 43.1 Å². The molecule has 7 heteroatoms. The molecule has 2 aromatic carbocycles. The maximum Gasteiger partial charge on any atom is 0.315 e. The van der Waals surface area contributed by atoms with Crippen molar-refractivity contribution < 1.29 is 14.0 Å². The molecule has 0 heterocycles. The van der Waals surface area contributed by atoms with Gasteiger partial charge in [0.05, 0.1) is 0 Å². The van der Waals surface area contributed by atoms with Gasteiger partial charge in [-0.3, -0.25) is 4.79 Å². The first-order valence-corrected chi connectivity index (χ1v) is 8.71. The third-order valence-corrected chi connectivity index (χ3v) is 3.89. The van der Waals surface area contributed by atoms with Crippen LogP contribution in [0.5, 0.6) is 0 Å². The van der Waals surface area contributed by atoms with Gasteiger partial charge in [-0.15, -0.1) is 0 Å². The summed E-state index contributed by atoms with van der Waals surface area (Å²) in [6, 6.07) is 11.5. The van der Waals surface area contributed by atoms with Crippen molar-refractivity contribution >= 4 is 29.2 Å². The normalized spacial score (nSPS) is 11.5. The lowest BCUT2D eigenvalue weighted by molar-refractivity contribution is -0.118. The van der Waals surface area contributed by atoms with Gasteiger partial charge < -0.3 is 16.0 Å². The fourth-order valence-electron chi connectivity index (χ4n) is 2.35. The van der Waals surface area contributed by atoms with Crippen molar-refractivity contribution in [2.75, 3.05) is 5.32 Å². The van der Waals surface area contributed by atoms with E-state index in [1.54, 1.807) is 36.4 Å². The molecule has 3 amide bonds. The van der Waals surface area contributed by atoms with E-state index in [1.165, 1.54) is 12.1 Å². The van der Waals surface area contributed by atoms with Gasteiger partial charge in [0, 0.05) is 17.3 Å². The molecule has 1 atom stereocenters. The molecule has 0 spiro atoms. The topological polar surface area (TPSA) is 70.2 Å². The number of hydrogen-bond donors (Lipinski definition) is 3. The minimum Gasteiger partial charge on any atom is -0.334 e. The second kappa shape index (κ2) is 9.77. The molecule has 0 saturated carbocycles. The summed E-state index contributed by atoms with van der Waals surface area (Å²) >= 11 is 5.91. The molecule has 0 aliphatic heterocycles. The maximum absolute atomic E-state index is 12.9. The van der Waals surface area contributed by atoms with Crippen molar-refractivity contribution in [2.24, 2.45) is 0 Å². The summed E-state index contributed by atoms with van der Waals surface area (Å²) in [7, 11) is 0. The SMILES string of the molecule is CCC[C@H](NC(=O)NCc1ccc(F)cc1)C(=O)Nc1cccc(Cl)c1. The van der Waals surface area contributed by atoms with Crippen LogP contribution in [0.15, 0.2) is 48.5 Å². The van der Waals surface area contributed by atoms with E-state index in [2.05, 4.69) is 16.0 Å². The summed E-state index contributed by atoms with van der Waals surface area (Å²) in [5.41, 5.74) is 1.33. The Bertz CT molecular complexity index is 753. The van der Waals surface area contributed by atoms with Gasteiger partial charge >= 0.3 is 6.03 Å². The van der Waals surface area contributed by atoms with Crippen molar-refractivity contribution in [3.63, 3.8) is 0 Å². The lowest BCUT2D eigenvalue weighted by atomic mass is 10.1. The average molecular weight is 378 g/mol. The van der Waals surface area contributed by atoms with E-state index in [1.807, 2.05) is 6.92 Å². The van der Waals surface area contributed by atoms with E-state index in [0.29, 0.717) is 17.1 Å². The number of rotatable bonds is 7. The number of halogens is 2. The van der Waals surface area contributed by atoms with E-state index in [-0.39, 0.29) is 18.3 Å². The number of urea groups is 1. The van der Waals surface area contributed by atoms with Crippen molar-refractivity contribution in [1.82, 2.24) is 10.6 Å². The molecule has 0 aromatic heterocycles. The number of carbonyl (C=O) groups is 2. The predicted octanol–water partition coefficient (Wildman–Crippen LogP) is 4.09. The summed E-state index contributed by atoms with van der Waals surface area (Å²) < 4.78 is 12.9. The molecule has 0 fully saturated rings. The van der Waals surface area contributed by atoms with Gasteiger partial charge in [0.25, 0.3) is 0 Å². The molecule has 3 N–H and O–H groups in total. The van der Waals surface area contributed by atoms with Crippen molar-refractivity contribution in [1.29, 1.82) is 0 Å². The zero-order valence-corrected chi connectivity index (χ0v) is 15.1. The average Bonchev–Trinajstić information content (AvgIpc) is 2.61. The molecule has 0 bridgehead atoms. The van der Waals surface area contributed by atoms with Gasteiger partial charge in [-0.05, 0) is 42.3 Å². The second-order valence-corrected chi connectivity index (χ2v) is 6.23. The highest BCUT2D eigenvalue weighted by molar-refractivity contribution is 6.30. The van der Waals surface area contributed by atoms with E-state index >= 15 is 0 Å². The van der Waals surface area contributed by atoms with Crippen LogP contribution in [0.1, 0.15) is 25.3 Å². The van der Waals surface area contributed by atoms with Crippen LogP contribution in [0.4, 0.5) is 14.9 Å². The van der Waals surface area contributed by atoms with Crippen LogP contribution in [0, 0.1) is 5.82 Å². The third kappa shape index (κ3) is 6.37. The predicted molar refractivity (Wildman–Crippen MR) is 101 cm³/mol. The summed E-state index contributed by atoms with van der Waals surface area (Å²) in [4.78, 5) is 24.5. The molecule has 2 rings (SSSR count). The summed E-state index contributed by atoms with van der Waals surface area (Å²) in [5.74, 6) is -0.648. The standard InChI is InChI=1S/C19H21ClFN3O2/c1-2-4-17(18(25)23-16-6-3-5-14(20)11-16)24-19(26)22-12-13-7-9-15(21)10-8-13/h3,5-11,17H,2,4,12H2,1H3,(H,23,25)(H2,22,24,26)/t17-/m0/s1. The van der Waals surface area contributed by atoms with Crippen LogP contribution in [0.2, 0.25) is 5.02 Å². The summed E-state index contributed by atoms with van der Waals surface area (Å²) in [5, 5.41) is 8.59. The number of carbonyl (C=O) groups excluding carboxylic acids is 2. The number of amides is 3. The lowest BCUT2D eigenvalue weighted by Gasteiger charge is -2.18. The minimum absolute atomic E-state index is 0.237. The highest BCUT2D eigenvalue weighted by atomic mass is 35.5. The monoisotopic (exact) mass is 377 g/mol. The van der Waals surface area contributed by atoms with Crippen molar-refractivity contribution in [2.45, 2.75) is 32.4 Å². The van der Waals surface area contributed by atoms with E-state index in [9.17, 15) is 14.0 Å². The van der Waals surface area contributed by atoms with Crippen LogP contribution >= 0.6 is 11.6 Å². The molecule has 5 nitrogen and oxygen atoms in total. The van der Waals surface area contributed by atoms with Crippen LogP contribution in [-0.4, -0.2) is 18.0 Å². The first-order valence-electron chi connectivity index (χ1n) is 8.33. The Morgan fingerprint density at radius 3 is 2.54 bits per heavy atom. The molecule has 0 aliphatic carbocycles. The van der Waals surface area contributed by atoms with Crippen LogP contribution in [0.25, 0.3) is 0 Å². The molecule has 0 aliphatic rings. The van der Waals surface area contributed by atoms with Crippen molar-refractivity contribution in [3.05, 3.63) is 64.9 Å². The highest BCUT2D eigenvalue weighted by Crippen LogP contribution is 2.15. The zero-order chi connectivity index (χ0) is 18.9. The molecule has 138 valence electrons. The highest BCUT2D eigenvalue weighted by Gasteiger charge is 2.20. The first kappa shape index (κ1) is 19.7. The van der Waals surface area contributed by atoms with Gasteiger partial charge in [0.2, 0.25) is 5.91 Å². The molecular weight excluding hydrogens is 357 g/mol. The quantitative estimate of drug-likeness (QED) is 0.680. The van der Waals surface area contributed by atoms with E-state index < -0.39 is 12.1 Å². The molecular formula is C19H21ClFN3O2. The Balaban J connectivity index is 1.90. The fraction of sp³-hybridized carbons (Fsp3) is 0.263. The Kier molecular flexibility index (Phi) is 7.41. The third-order valence-electron chi connectivity index (χ3n) is 3.66. The van der Waals surface area contributed by atoms with Crippen LogP contribution in [0.3, 0.4) is 0 Å². The van der Waals surface area contributed by atoms with Crippen molar-refractivity contribution in [3.8, 4) is 0 Å². The largest absolute Gasteiger partial charge is 0.334 e. The number of hydrogen-bond acceptors (Lipinski definition) is 2. The number of nitrogens with one attached hydrogen (secondary N) is 3. The second-order valence-electron chi connectivity index (χ2n) is 5.79. The van der Waals surface area contributed by atoms with Gasteiger partial charge in [0.1, 0.15) is 11.9 Å². The van der Waals surface area contributed by atoms with E-state index in [4.69, 9.17) is 11.6 Å². The molecule has 0 unspecified atom stereocenters. The lowest BCUT2D eigenvalue weighted by Crippen LogP contribution is -2.47. The molecule has 26 heavy (non-hydrogen) atoms. The Hall–Kier alpha value is -2.60. The Labute approximate surface area is 156 Å². The molecule has 2 aromatic rings. The maximum atomic E-state index is 12.9. The Morgan fingerprint density at radius 2 is 1.88 bits per heavy atom. The van der Waals surface area contributed by atoms with E-state index in [0.717, 1.165) is 12.0 Å². The first-order chi connectivity index (χ1) is 12.5. The zero-order valence-electron chi connectivity index (χ0n) is 14.4. The van der Waals surface area contributed by atoms with Crippen LogP contribution in [-0.2, 0) is 11.3 Å². The summed E-state index contributed by atoms with van der Waals surface area (Å²) in [6.07, 6.45) is 1.22. The number of benzene rings is 2. The Morgan fingerprint density at radius 1 is 1.15 bits per heavy atom. The van der Waals surface area contributed by atoms with Gasteiger partial charge in [-0.2, -0.15) is 0 Å². The van der Waals surface area contributed by atoms with Crippen LogP contribution < -0.4 is 16.0 Å². The summed E-state index contributed by atoms with van der Waals surface area (Å²) in [6.45, 7) is 2.17. The minimum atomic E-state index is -0.674. The fourth-order valence-corrected chi connectivity index (χ4v) is 2.54. The van der Waals surface area contributed by atoms with Gasteiger partial charge in [0.15, 0.2) is 0 Å². The molecule has 0 saturated heterocycles. The van der Waals surface area contributed by atoms with Gasteiger partial charge in [-0.25, -0.2) is 9.18 Å². The molecule has 0 radical (unpaired) electrons. The smallest absolute Gasteiger partial charge is 0.315 e. The number of anilines is 1.